The molecule has 122 valence electrons. The first kappa shape index (κ1) is 17.1. The molecule has 0 radical (unpaired) electrons. The van der Waals surface area contributed by atoms with E-state index < -0.39 is 0 Å². The number of thioether (sulfide) groups is 1. The number of hydrogen-bond acceptors (Lipinski definition) is 3. The van der Waals surface area contributed by atoms with Gasteiger partial charge in [0, 0.05) is 11.3 Å². The summed E-state index contributed by atoms with van der Waals surface area (Å²) in [5.74, 6) is 0.382. The molecule has 4 atom stereocenters. The van der Waals surface area contributed by atoms with Gasteiger partial charge in [0.05, 0.1) is 12.2 Å². The number of rotatable bonds is 7. The van der Waals surface area contributed by atoms with Crippen molar-refractivity contribution in [1.29, 1.82) is 0 Å². The summed E-state index contributed by atoms with van der Waals surface area (Å²) < 4.78 is 0. The van der Waals surface area contributed by atoms with Crippen molar-refractivity contribution in [2.24, 2.45) is 0 Å². The molecule has 0 bridgehead atoms. The van der Waals surface area contributed by atoms with Crippen LogP contribution in [0.15, 0.2) is 0 Å². The fourth-order valence-electron chi connectivity index (χ4n) is 3.89. The second kappa shape index (κ2) is 8.42. The van der Waals surface area contributed by atoms with Crippen LogP contribution >= 0.6 is 11.8 Å². The van der Waals surface area contributed by atoms with E-state index in [1.165, 1.54) is 32.1 Å². The van der Waals surface area contributed by atoms with Gasteiger partial charge in [-0.2, -0.15) is 11.8 Å². The lowest BCUT2D eigenvalue weighted by molar-refractivity contribution is -0.133. The van der Waals surface area contributed by atoms with Crippen molar-refractivity contribution in [3.05, 3.63) is 0 Å². The van der Waals surface area contributed by atoms with Crippen molar-refractivity contribution in [2.45, 2.75) is 95.1 Å². The molecule has 2 aliphatic rings. The van der Waals surface area contributed by atoms with E-state index in [0.29, 0.717) is 17.2 Å². The van der Waals surface area contributed by atoms with Crippen LogP contribution < -0.4 is 5.32 Å². The summed E-state index contributed by atoms with van der Waals surface area (Å²) >= 11 is 1.96. The van der Waals surface area contributed by atoms with Gasteiger partial charge in [0.2, 0.25) is 5.91 Å². The third-order valence-corrected chi connectivity index (χ3v) is 6.17. The van der Waals surface area contributed by atoms with Crippen LogP contribution in [0.25, 0.3) is 0 Å². The van der Waals surface area contributed by atoms with Crippen molar-refractivity contribution < 1.29 is 4.79 Å². The third kappa shape index (κ3) is 3.95. The lowest BCUT2D eigenvalue weighted by Gasteiger charge is -2.40. The highest BCUT2D eigenvalue weighted by molar-refractivity contribution is 7.99. The van der Waals surface area contributed by atoms with E-state index in [1.54, 1.807) is 0 Å². The van der Waals surface area contributed by atoms with Gasteiger partial charge in [-0.25, -0.2) is 0 Å². The Morgan fingerprint density at radius 3 is 2.62 bits per heavy atom. The summed E-state index contributed by atoms with van der Waals surface area (Å²) in [5.41, 5.74) is 0. The van der Waals surface area contributed by atoms with E-state index in [4.69, 9.17) is 0 Å². The van der Waals surface area contributed by atoms with Crippen LogP contribution in [0, 0.1) is 0 Å². The molecule has 2 fully saturated rings. The quantitative estimate of drug-likeness (QED) is 0.776. The highest BCUT2D eigenvalue weighted by atomic mass is 32.2. The topological polar surface area (TPSA) is 32.3 Å². The molecule has 1 heterocycles. The number of amides is 1. The minimum Gasteiger partial charge on any atom is -0.322 e. The van der Waals surface area contributed by atoms with Gasteiger partial charge in [0.1, 0.15) is 0 Å². The van der Waals surface area contributed by atoms with E-state index in [-0.39, 0.29) is 12.2 Å². The van der Waals surface area contributed by atoms with Gasteiger partial charge in [0.15, 0.2) is 0 Å². The molecule has 1 aliphatic carbocycles. The number of hydrogen-bond donors (Lipinski definition) is 1. The molecular weight excluding hydrogens is 280 g/mol. The second-order valence-electron chi connectivity index (χ2n) is 6.54. The van der Waals surface area contributed by atoms with Crippen molar-refractivity contribution >= 4 is 17.7 Å². The van der Waals surface area contributed by atoms with Crippen LogP contribution in [0.2, 0.25) is 0 Å². The molecule has 0 aromatic rings. The number of unbranched alkanes of at least 4 members (excludes halogenated alkanes) is 1. The predicted molar refractivity (Wildman–Crippen MR) is 91.5 cm³/mol. The summed E-state index contributed by atoms with van der Waals surface area (Å²) in [6.45, 7) is 4.42. The largest absolute Gasteiger partial charge is 0.322 e. The standard InChI is InChI=1S/C17H32N2OS/c1-4-6-10-13-17(20)19(16(18-13)9-5-2)14-11-7-8-12-15(14)21-3/h13-16,18H,4-12H2,1-3H3. The third-order valence-electron chi connectivity index (χ3n) is 5.02. The van der Waals surface area contributed by atoms with Crippen LogP contribution in [0.4, 0.5) is 0 Å². The van der Waals surface area contributed by atoms with Gasteiger partial charge in [-0.05, 0) is 31.9 Å². The van der Waals surface area contributed by atoms with E-state index in [1.807, 2.05) is 11.8 Å². The van der Waals surface area contributed by atoms with E-state index in [2.05, 4.69) is 30.3 Å². The first-order valence-corrected chi connectivity index (χ1v) is 10.1. The Kier molecular flexibility index (Phi) is 6.87. The lowest BCUT2D eigenvalue weighted by Crippen LogP contribution is -2.50. The van der Waals surface area contributed by atoms with Crippen molar-refractivity contribution in [2.75, 3.05) is 6.26 Å². The number of nitrogens with zero attached hydrogens (tertiary/aromatic N) is 1. The lowest BCUT2D eigenvalue weighted by atomic mass is 9.93. The highest BCUT2D eigenvalue weighted by Gasteiger charge is 2.44. The second-order valence-corrected chi connectivity index (χ2v) is 7.61. The van der Waals surface area contributed by atoms with Crippen molar-refractivity contribution in [3.8, 4) is 0 Å². The molecule has 4 heteroatoms. The summed E-state index contributed by atoms with van der Waals surface area (Å²) in [4.78, 5) is 15.2. The predicted octanol–water partition coefficient (Wildman–Crippen LogP) is 3.78. The SMILES string of the molecule is CCCCC1NC(CCC)N(C2CCCCC2SC)C1=O. The van der Waals surface area contributed by atoms with Crippen molar-refractivity contribution in [3.63, 3.8) is 0 Å². The Labute approximate surface area is 134 Å². The van der Waals surface area contributed by atoms with Crippen LogP contribution in [0.5, 0.6) is 0 Å². The monoisotopic (exact) mass is 312 g/mol. The maximum atomic E-state index is 12.9. The Morgan fingerprint density at radius 1 is 1.19 bits per heavy atom. The maximum absolute atomic E-state index is 12.9. The first-order chi connectivity index (χ1) is 10.2. The molecule has 4 unspecified atom stereocenters. The van der Waals surface area contributed by atoms with Gasteiger partial charge >= 0.3 is 0 Å². The zero-order chi connectivity index (χ0) is 15.2. The fraction of sp³-hybridized carbons (Fsp3) is 0.941. The van der Waals surface area contributed by atoms with E-state index in [0.717, 1.165) is 25.7 Å². The van der Waals surface area contributed by atoms with Gasteiger partial charge in [-0.15, -0.1) is 0 Å². The van der Waals surface area contributed by atoms with E-state index >= 15 is 0 Å². The highest BCUT2D eigenvalue weighted by Crippen LogP contribution is 2.34. The van der Waals surface area contributed by atoms with Crippen LogP contribution in [-0.2, 0) is 4.79 Å². The van der Waals surface area contributed by atoms with Gasteiger partial charge in [0.25, 0.3) is 0 Å². The molecule has 2 rings (SSSR count). The smallest absolute Gasteiger partial charge is 0.241 e. The molecule has 1 saturated carbocycles. The first-order valence-electron chi connectivity index (χ1n) is 8.83. The Hall–Kier alpha value is -0.220. The summed E-state index contributed by atoms with van der Waals surface area (Å²) in [5, 5.41) is 4.27. The zero-order valence-corrected chi connectivity index (χ0v) is 14.8. The van der Waals surface area contributed by atoms with Gasteiger partial charge in [-0.3, -0.25) is 10.1 Å². The summed E-state index contributed by atoms with van der Waals surface area (Å²) in [6.07, 6.45) is 13.1. The minimum absolute atomic E-state index is 0.0749. The van der Waals surface area contributed by atoms with Gasteiger partial charge < -0.3 is 4.90 Å². The number of carbonyl (C=O) groups excluding carboxylic acids is 1. The molecule has 0 aromatic heterocycles. The molecule has 0 spiro atoms. The normalized spacial score (nSPS) is 33.7. The Balaban J connectivity index is 2.10. The number of carbonyl (C=O) groups is 1. The van der Waals surface area contributed by atoms with Crippen LogP contribution in [0.3, 0.4) is 0 Å². The maximum Gasteiger partial charge on any atom is 0.241 e. The summed E-state index contributed by atoms with van der Waals surface area (Å²) in [6, 6.07) is 0.530. The molecule has 1 aliphatic heterocycles. The van der Waals surface area contributed by atoms with Crippen LogP contribution in [0.1, 0.15) is 71.6 Å². The Bertz CT molecular complexity index is 337. The average molecular weight is 313 g/mol. The molecule has 0 aromatic carbocycles. The molecule has 1 N–H and O–H groups in total. The molecule has 21 heavy (non-hydrogen) atoms. The van der Waals surface area contributed by atoms with Crippen LogP contribution in [-0.4, -0.2) is 40.6 Å². The van der Waals surface area contributed by atoms with Crippen molar-refractivity contribution in [1.82, 2.24) is 10.2 Å². The fourth-order valence-corrected chi connectivity index (χ4v) is 4.88. The molecule has 1 amide bonds. The Morgan fingerprint density at radius 2 is 1.95 bits per heavy atom. The average Bonchev–Trinajstić information content (AvgIpc) is 2.81. The zero-order valence-electron chi connectivity index (χ0n) is 13.9. The molecule has 3 nitrogen and oxygen atoms in total. The summed E-state index contributed by atoms with van der Waals surface area (Å²) in [7, 11) is 0. The molecular formula is C17H32N2OS. The minimum atomic E-state index is 0.0749. The number of nitrogens with one attached hydrogen (secondary N) is 1. The van der Waals surface area contributed by atoms with E-state index in [9.17, 15) is 4.79 Å². The van der Waals surface area contributed by atoms with Gasteiger partial charge in [-0.1, -0.05) is 46.0 Å². The molecule has 1 saturated heterocycles.